The van der Waals surface area contributed by atoms with E-state index in [-0.39, 0.29) is 19.4 Å². The Morgan fingerprint density at radius 2 is 1.21 bits per heavy atom. The highest BCUT2D eigenvalue weighted by Gasteiger charge is 2.22. The Hall–Kier alpha value is -1.47. The summed E-state index contributed by atoms with van der Waals surface area (Å²) in [4.78, 5) is 42.1. The first-order valence-electron chi connectivity index (χ1n) is 14.6. The Kier molecular flexibility index (Phi) is 24.8. The number of rotatable bonds is 26. The van der Waals surface area contributed by atoms with Crippen molar-refractivity contribution in [3.05, 3.63) is 24.3 Å². The van der Waals surface area contributed by atoms with Crippen LogP contribution >= 0.6 is 7.82 Å². The summed E-state index contributed by atoms with van der Waals surface area (Å²) in [7, 11) is -4.73. The van der Waals surface area contributed by atoms with Gasteiger partial charge in [0.25, 0.3) is 0 Å². The van der Waals surface area contributed by atoms with E-state index in [4.69, 9.17) is 19.3 Å². The van der Waals surface area contributed by atoms with Gasteiger partial charge in [0.2, 0.25) is 0 Å². The van der Waals surface area contributed by atoms with Crippen molar-refractivity contribution in [2.45, 2.75) is 136 Å². The highest BCUT2D eigenvalue weighted by molar-refractivity contribution is 7.46. The lowest BCUT2D eigenvalue weighted by atomic mass is 10.1. The van der Waals surface area contributed by atoms with Crippen molar-refractivity contribution in [1.82, 2.24) is 0 Å². The largest absolute Gasteiger partial charge is 0.469 e. The molecule has 8 nitrogen and oxygen atoms in total. The van der Waals surface area contributed by atoms with Gasteiger partial charge in [-0.15, -0.1) is 0 Å². The van der Waals surface area contributed by atoms with Gasteiger partial charge in [-0.25, -0.2) is 4.57 Å². The summed E-state index contributed by atoms with van der Waals surface area (Å²) in [6.07, 6.45) is 25.0. The van der Waals surface area contributed by atoms with Crippen LogP contribution in [0.3, 0.4) is 0 Å². The molecule has 0 radical (unpaired) electrons. The normalized spacial score (nSPS) is 12.8. The maximum Gasteiger partial charge on any atom is 0.469 e. The molecule has 9 heteroatoms. The maximum atomic E-state index is 12.2. The second-order valence-corrected chi connectivity index (χ2v) is 11.0. The minimum Gasteiger partial charge on any atom is -0.462 e. The molecule has 0 aromatic carbocycles. The Bertz CT molecular complexity index is 686. The molecule has 0 aromatic rings. The molecule has 0 saturated carbocycles. The zero-order chi connectivity index (χ0) is 28.3. The first-order chi connectivity index (χ1) is 18.3. The number of esters is 2. The van der Waals surface area contributed by atoms with Gasteiger partial charge in [-0.2, -0.15) is 0 Å². The van der Waals surface area contributed by atoms with Gasteiger partial charge in [0.15, 0.2) is 6.10 Å². The molecule has 222 valence electrons. The smallest absolute Gasteiger partial charge is 0.462 e. The van der Waals surface area contributed by atoms with Gasteiger partial charge in [-0.3, -0.25) is 14.1 Å². The number of phosphoric ester groups is 1. The fourth-order valence-electron chi connectivity index (χ4n) is 3.74. The van der Waals surface area contributed by atoms with Crippen molar-refractivity contribution in [2.75, 3.05) is 13.2 Å². The zero-order valence-corrected chi connectivity index (χ0v) is 24.7. The molecule has 0 rings (SSSR count). The van der Waals surface area contributed by atoms with Crippen molar-refractivity contribution >= 4 is 19.8 Å². The van der Waals surface area contributed by atoms with Gasteiger partial charge >= 0.3 is 19.8 Å². The van der Waals surface area contributed by atoms with Crippen LogP contribution in [0.2, 0.25) is 0 Å². The van der Waals surface area contributed by atoms with E-state index < -0.39 is 32.5 Å². The number of ether oxygens (including phenoxy) is 2. The van der Waals surface area contributed by atoms with Crippen LogP contribution in [0, 0.1) is 0 Å². The van der Waals surface area contributed by atoms with Gasteiger partial charge in [0.05, 0.1) is 6.61 Å². The van der Waals surface area contributed by atoms with E-state index in [1.807, 2.05) is 0 Å². The number of allylic oxidation sites excluding steroid dienone is 4. The lowest BCUT2D eigenvalue weighted by molar-refractivity contribution is -0.161. The summed E-state index contributed by atoms with van der Waals surface area (Å²) in [5.74, 6) is -0.915. The molecule has 0 aliphatic carbocycles. The molecule has 0 heterocycles. The number of carbonyl (C=O) groups is 2. The summed E-state index contributed by atoms with van der Waals surface area (Å²) in [6.45, 7) is 3.51. The van der Waals surface area contributed by atoms with Crippen molar-refractivity contribution in [3.63, 3.8) is 0 Å². The van der Waals surface area contributed by atoms with E-state index in [1.165, 1.54) is 19.3 Å². The lowest BCUT2D eigenvalue weighted by Crippen LogP contribution is -2.29. The second kappa shape index (κ2) is 25.8. The van der Waals surface area contributed by atoms with E-state index in [2.05, 4.69) is 42.7 Å². The molecule has 0 aliphatic rings. The topological polar surface area (TPSA) is 119 Å². The highest BCUT2D eigenvalue weighted by atomic mass is 31.2. The summed E-state index contributed by atoms with van der Waals surface area (Å²) < 4.78 is 26.0. The Morgan fingerprint density at radius 3 is 1.82 bits per heavy atom. The van der Waals surface area contributed by atoms with Crippen LogP contribution < -0.4 is 0 Å². The molecule has 0 aliphatic heterocycles. The van der Waals surface area contributed by atoms with Crippen molar-refractivity contribution in [2.24, 2.45) is 0 Å². The average molecular weight is 561 g/mol. The molecule has 2 N–H and O–H groups in total. The van der Waals surface area contributed by atoms with Crippen LogP contribution in [0.15, 0.2) is 24.3 Å². The molecular formula is C29H53O8P. The van der Waals surface area contributed by atoms with E-state index in [1.54, 1.807) is 0 Å². The molecule has 0 amide bonds. The molecule has 0 bridgehead atoms. The van der Waals surface area contributed by atoms with E-state index in [0.29, 0.717) is 6.42 Å². The number of phosphoric acid groups is 1. The third kappa shape index (κ3) is 27.6. The van der Waals surface area contributed by atoms with Crippen LogP contribution in [-0.2, 0) is 28.2 Å². The summed E-state index contributed by atoms with van der Waals surface area (Å²) >= 11 is 0. The third-order valence-corrected chi connectivity index (χ3v) is 6.46. The Morgan fingerprint density at radius 1 is 0.684 bits per heavy atom. The van der Waals surface area contributed by atoms with Crippen molar-refractivity contribution in [1.29, 1.82) is 0 Å². The van der Waals surface area contributed by atoms with Crippen LogP contribution in [0.25, 0.3) is 0 Å². The summed E-state index contributed by atoms with van der Waals surface area (Å²) in [5.41, 5.74) is 0. The number of hydrogen-bond donors (Lipinski definition) is 2. The quantitative estimate of drug-likeness (QED) is 0.0477. The maximum absolute atomic E-state index is 12.2. The molecule has 38 heavy (non-hydrogen) atoms. The average Bonchev–Trinajstić information content (AvgIpc) is 2.87. The molecule has 1 unspecified atom stereocenters. The standard InChI is InChI=1S/C29H53O8P/c1-3-5-7-9-11-12-13-14-15-16-17-18-20-22-24-29(31)37-27(26-36-38(32,33)34)25-35-28(30)23-21-19-10-8-6-4-2/h9,11,13-14,27H,3-8,10,12,15-26H2,1-2H3,(H2,32,33,34)/b11-9-,14-13-. The molecule has 0 spiro atoms. The summed E-state index contributed by atoms with van der Waals surface area (Å²) in [5, 5.41) is 0. The van der Waals surface area contributed by atoms with Gasteiger partial charge in [0, 0.05) is 12.8 Å². The van der Waals surface area contributed by atoms with Crippen LogP contribution in [0.5, 0.6) is 0 Å². The van der Waals surface area contributed by atoms with Gasteiger partial charge in [-0.1, -0.05) is 102 Å². The molecule has 1 atom stereocenters. The number of unbranched alkanes of at least 4 members (excludes halogenated alkanes) is 12. The lowest BCUT2D eigenvalue weighted by Gasteiger charge is -2.18. The first-order valence-corrected chi connectivity index (χ1v) is 16.2. The van der Waals surface area contributed by atoms with Gasteiger partial charge in [0.1, 0.15) is 6.61 Å². The second-order valence-electron chi connectivity index (χ2n) is 9.73. The molecule has 0 fully saturated rings. The highest BCUT2D eigenvalue weighted by Crippen LogP contribution is 2.35. The van der Waals surface area contributed by atoms with Crippen molar-refractivity contribution < 1.29 is 37.9 Å². The number of carbonyl (C=O) groups excluding carboxylic acids is 2. The predicted octanol–water partition coefficient (Wildman–Crippen LogP) is 7.72. The molecular weight excluding hydrogens is 507 g/mol. The van der Waals surface area contributed by atoms with Crippen LogP contribution in [0.4, 0.5) is 0 Å². The Labute approximate surface area is 230 Å². The summed E-state index contributed by atoms with van der Waals surface area (Å²) in [6, 6.07) is 0. The minimum atomic E-state index is -4.73. The van der Waals surface area contributed by atoms with E-state index in [0.717, 1.165) is 77.0 Å². The van der Waals surface area contributed by atoms with Crippen LogP contribution in [0.1, 0.15) is 129 Å². The fourth-order valence-corrected chi connectivity index (χ4v) is 4.10. The molecule has 0 aromatic heterocycles. The third-order valence-electron chi connectivity index (χ3n) is 5.97. The monoisotopic (exact) mass is 560 g/mol. The first kappa shape index (κ1) is 36.5. The van der Waals surface area contributed by atoms with Gasteiger partial charge in [-0.05, 0) is 38.5 Å². The van der Waals surface area contributed by atoms with Crippen LogP contribution in [-0.4, -0.2) is 41.0 Å². The van der Waals surface area contributed by atoms with E-state index in [9.17, 15) is 14.2 Å². The van der Waals surface area contributed by atoms with Gasteiger partial charge < -0.3 is 19.3 Å². The zero-order valence-electron chi connectivity index (χ0n) is 23.8. The Balaban J connectivity index is 4.07. The SMILES string of the molecule is CCCC/C=C\C/C=C\CCCCCCCC(=O)OC(COC(=O)CCCCCCCC)COP(=O)(O)O. The van der Waals surface area contributed by atoms with Crippen molar-refractivity contribution in [3.8, 4) is 0 Å². The number of hydrogen-bond acceptors (Lipinski definition) is 6. The molecule has 0 saturated heterocycles. The predicted molar refractivity (Wildman–Crippen MR) is 152 cm³/mol. The minimum absolute atomic E-state index is 0.197. The fraction of sp³-hybridized carbons (Fsp3) is 0.793. The van der Waals surface area contributed by atoms with E-state index >= 15 is 0 Å².